The summed E-state index contributed by atoms with van der Waals surface area (Å²) in [6.45, 7) is 5.64. The molecule has 0 unspecified atom stereocenters. The fraction of sp³-hybridized carbons (Fsp3) is 0.650. The van der Waals surface area contributed by atoms with E-state index >= 15 is 0 Å². The van der Waals surface area contributed by atoms with Crippen molar-refractivity contribution in [1.29, 1.82) is 0 Å². The van der Waals surface area contributed by atoms with Gasteiger partial charge in [0.25, 0.3) is 5.91 Å². The highest BCUT2D eigenvalue weighted by molar-refractivity contribution is 7.89. The minimum Gasteiger partial charge on any atom is -0.492 e. The van der Waals surface area contributed by atoms with Crippen molar-refractivity contribution in [1.82, 2.24) is 10.0 Å². The van der Waals surface area contributed by atoms with Gasteiger partial charge in [-0.1, -0.05) is 32.1 Å². The number of sulfonamides is 1. The van der Waals surface area contributed by atoms with Gasteiger partial charge in [-0.05, 0) is 51.8 Å². The van der Waals surface area contributed by atoms with E-state index in [1.807, 2.05) is 0 Å². The Morgan fingerprint density at radius 3 is 2.37 bits per heavy atom. The minimum absolute atomic E-state index is 0.00312. The molecule has 0 aliphatic heterocycles. The summed E-state index contributed by atoms with van der Waals surface area (Å²) in [6, 6.07) is 4.49. The van der Waals surface area contributed by atoms with E-state index in [0.29, 0.717) is 12.2 Å². The van der Waals surface area contributed by atoms with E-state index in [2.05, 4.69) is 10.0 Å². The van der Waals surface area contributed by atoms with Crippen molar-refractivity contribution in [2.75, 3.05) is 6.61 Å². The minimum atomic E-state index is -3.77. The van der Waals surface area contributed by atoms with Crippen LogP contribution in [0, 0.1) is 0 Å². The molecule has 0 saturated heterocycles. The highest BCUT2D eigenvalue weighted by atomic mass is 32.2. The van der Waals surface area contributed by atoms with Crippen LogP contribution in [-0.2, 0) is 10.0 Å². The molecule has 1 aromatic rings. The predicted molar refractivity (Wildman–Crippen MR) is 107 cm³/mol. The van der Waals surface area contributed by atoms with Crippen molar-refractivity contribution in [3.63, 3.8) is 0 Å². The summed E-state index contributed by atoms with van der Waals surface area (Å²) in [7, 11) is -3.77. The van der Waals surface area contributed by atoms with E-state index in [-0.39, 0.29) is 28.6 Å². The fourth-order valence-corrected chi connectivity index (χ4v) is 4.80. The molecule has 0 heterocycles. The quantitative estimate of drug-likeness (QED) is 0.737. The number of ether oxygens (including phenoxy) is 1. The van der Waals surface area contributed by atoms with Crippen molar-refractivity contribution >= 4 is 15.9 Å². The first-order valence-corrected chi connectivity index (χ1v) is 11.4. The SMILES string of the molecule is CCOc1ccc(C(=O)NC2CCCCCCC2)cc1S(=O)(=O)NC(C)C. The Balaban J connectivity index is 2.23. The van der Waals surface area contributed by atoms with Gasteiger partial charge in [0.15, 0.2) is 0 Å². The zero-order valence-corrected chi connectivity index (χ0v) is 17.4. The van der Waals surface area contributed by atoms with Crippen LogP contribution < -0.4 is 14.8 Å². The van der Waals surface area contributed by atoms with Crippen LogP contribution in [0.15, 0.2) is 23.1 Å². The molecule has 2 rings (SSSR count). The molecule has 1 saturated carbocycles. The lowest BCUT2D eigenvalue weighted by Gasteiger charge is -2.21. The van der Waals surface area contributed by atoms with Crippen LogP contribution in [0.3, 0.4) is 0 Å². The van der Waals surface area contributed by atoms with Gasteiger partial charge < -0.3 is 10.1 Å². The van der Waals surface area contributed by atoms with Gasteiger partial charge in [-0.2, -0.15) is 0 Å². The number of amides is 1. The van der Waals surface area contributed by atoms with Crippen LogP contribution in [-0.4, -0.2) is 33.0 Å². The topological polar surface area (TPSA) is 84.5 Å². The van der Waals surface area contributed by atoms with Crippen molar-refractivity contribution in [2.24, 2.45) is 0 Å². The zero-order chi connectivity index (χ0) is 19.9. The first-order chi connectivity index (χ1) is 12.8. The fourth-order valence-electron chi connectivity index (χ4n) is 3.38. The van der Waals surface area contributed by atoms with E-state index in [1.54, 1.807) is 32.9 Å². The number of nitrogens with one attached hydrogen (secondary N) is 2. The molecular weight excluding hydrogens is 364 g/mol. The summed E-state index contributed by atoms with van der Waals surface area (Å²) in [6.07, 6.45) is 7.87. The summed E-state index contributed by atoms with van der Waals surface area (Å²) < 4.78 is 33.4. The normalized spacial score (nSPS) is 16.6. The summed E-state index contributed by atoms with van der Waals surface area (Å²) in [5, 5.41) is 3.08. The molecule has 6 nitrogen and oxygen atoms in total. The molecule has 0 radical (unpaired) electrons. The third kappa shape index (κ3) is 6.50. The number of carbonyl (C=O) groups excluding carboxylic acids is 1. The second-order valence-corrected chi connectivity index (χ2v) is 9.07. The van der Waals surface area contributed by atoms with Crippen LogP contribution in [0.4, 0.5) is 0 Å². The number of hydrogen-bond acceptors (Lipinski definition) is 4. The van der Waals surface area contributed by atoms with Crippen LogP contribution in [0.2, 0.25) is 0 Å². The highest BCUT2D eigenvalue weighted by Crippen LogP contribution is 2.26. The van der Waals surface area contributed by atoms with E-state index in [0.717, 1.165) is 25.7 Å². The largest absolute Gasteiger partial charge is 0.492 e. The van der Waals surface area contributed by atoms with E-state index in [1.165, 1.54) is 25.3 Å². The Morgan fingerprint density at radius 2 is 1.78 bits per heavy atom. The van der Waals surface area contributed by atoms with Gasteiger partial charge in [0.1, 0.15) is 10.6 Å². The summed E-state index contributed by atoms with van der Waals surface area (Å²) in [5.41, 5.74) is 0.338. The molecule has 1 aliphatic carbocycles. The molecule has 7 heteroatoms. The molecule has 1 aliphatic rings. The van der Waals surface area contributed by atoms with Crippen molar-refractivity contribution < 1.29 is 17.9 Å². The third-order valence-electron chi connectivity index (χ3n) is 4.63. The van der Waals surface area contributed by atoms with Gasteiger partial charge >= 0.3 is 0 Å². The van der Waals surface area contributed by atoms with Gasteiger partial charge in [-0.25, -0.2) is 13.1 Å². The van der Waals surface area contributed by atoms with E-state index in [4.69, 9.17) is 4.74 Å². The molecular formula is C20H32N2O4S. The summed E-state index contributed by atoms with van der Waals surface area (Å²) in [4.78, 5) is 12.7. The molecule has 1 fully saturated rings. The average Bonchev–Trinajstić information content (AvgIpc) is 2.56. The lowest BCUT2D eigenvalue weighted by atomic mass is 9.96. The zero-order valence-electron chi connectivity index (χ0n) is 16.6. The van der Waals surface area contributed by atoms with E-state index in [9.17, 15) is 13.2 Å². The standard InChI is InChI=1S/C20H32N2O4S/c1-4-26-18-13-12-16(14-19(18)27(24,25)22-15(2)3)20(23)21-17-10-8-6-5-7-9-11-17/h12-15,17,22H,4-11H2,1-3H3,(H,21,23). The number of rotatable bonds is 7. The van der Waals surface area contributed by atoms with E-state index < -0.39 is 10.0 Å². The van der Waals surface area contributed by atoms with Gasteiger partial charge in [0, 0.05) is 17.6 Å². The summed E-state index contributed by atoms with van der Waals surface area (Å²) >= 11 is 0. The van der Waals surface area contributed by atoms with Gasteiger partial charge in [0.05, 0.1) is 6.61 Å². The Morgan fingerprint density at radius 1 is 1.15 bits per heavy atom. The molecule has 0 atom stereocenters. The maximum Gasteiger partial charge on any atom is 0.251 e. The molecule has 27 heavy (non-hydrogen) atoms. The van der Waals surface area contributed by atoms with Crippen molar-refractivity contribution in [2.45, 2.75) is 82.7 Å². The van der Waals surface area contributed by atoms with Crippen LogP contribution in [0.25, 0.3) is 0 Å². The van der Waals surface area contributed by atoms with Gasteiger partial charge in [0.2, 0.25) is 10.0 Å². The third-order valence-corrected chi connectivity index (χ3v) is 6.31. The monoisotopic (exact) mass is 396 g/mol. The van der Waals surface area contributed by atoms with Crippen LogP contribution in [0.5, 0.6) is 5.75 Å². The van der Waals surface area contributed by atoms with Gasteiger partial charge in [-0.15, -0.1) is 0 Å². The molecule has 0 aromatic heterocycles. The number of benzene rings is 1. The maximum atomic E-state index is 12.7. The van der Waals surface area contributed by atoms with Crippen LogP contribution in [0.1, 0.15) is 76.1 Å². The Bertz CT molecular complexity index is 723. The first kappa shape index (κ1) is 21.7. The number of hydrogen-bond donors (Lipinski definition) is 2. The summed E-state index contributed by atoms with van der Waals surface area (Å²) in [5.74, 6) is 0.0257. The molecule has 2 N–H and O–H groups in total. The Labute approximate surface area is 163 Å². The Kier molecular flexibility index (Phi) is 8.10. The maximum absolute atomic E-state index is 12.7. The smallest absolute Gasteiger partial charge is 0.251 e. The van der Waals surface area contributed by atoms with Crippen LogP contribution >= 0.6 is 0 Å². The second kappa shape index (κ2) is 10.1. The van der Waals surface area contributed by atoms with Crippen molar-refractivity contribution in [3.8, 4) is 5.75 Å². The van der Waals surface area contributed by atoms with Crippen molar-refractivity contribution in [3.05, 3.63) is 23.8 Å². The molecule has 0 spiro atoms. The van der Waals surface area contributed by atoms with Gasteiger partial charge in [-0.3, -0.25) is 4.79 Å². The molecule has 152 valence electrons. The highest BCUT2D eigenvalue weighted by Gasteiger charge is 2.23. The number of carbonyl (C=O) groups is 1. The Hall–Kier alpha value is -1.60. The second-order valence-electron chi connectivity index (χ2n) is 7.39. The average molecular weight is 397 g/mol. The molecule has 0 bridgehead atoms. The lowest BCUT2D eigenvalue weighted by molar-refractivity contribution is 0.0930. The molecule has 1 aromatic carbocycles. The molecule has 1 amide bonds. The first-order valence-electron chi connectivity index (χ1n) is 9.93. The predicted octanol–water partition coefficient (Wildman–Crippen LogP) is 3.61. The lowest BCUT2D eigenvalue weighted by Crippen LogP contribution is -2.35.